The number of methoxy groups -OCH3 is 1. The van der Waals surface area contributed by atoms with E-state index in [1.165, 1.54) is 18.2 Å². The first-order valence-corrected chi connectivity index (χ1v) is 11.5. The number of nitrogens with one attached hydrogen (secondary N) is 2. The number of rotatable bonds is 8. The van der Waals surface area contributed by atoms with Crippen LogP contribution in [0.5, 0.6) is 5.75 Å². The van der Waals surface area contributed by atoms with Gasteiger partial charge in [0.1, 0.15) is 11.6 Å². The minimum Gasteiger partial charge on any atom is -0.497 e. The van der Waals surface area contributed by atoms with Crippen molar-refractivity contribution in [2.45, 2.75) is 11.7 Å². The number of H-pyrrole nitrogens is 1. The van der Waals surface area contributed by atoms with Gasteiger partial charge in [-0.25, -0.2) is 17.5 Å². The highest BCUT2D eigenvalue weighted by atomic mass is 32.2. The predicted molar refractivity (Wildman–Crippen MR) is 120 cm³/mol. The first-order chi connectivity index (χ1) is 14.9. The molecule has 0 amide bonds. The van der Waals surface area contributed by atoms with Crippen LogP contribution in [0.3, 0.4) is 0 Å². The number of hydrogen-bond acceptors (Lipinski definition) is 3. The van der Waals surface area contributed by atoms with E-state index in [-0.39, 0.29) is 18.2 Å². The van der Waals surface area contributed by atoms with Crippen LogP contribution in [-0.4, -0.2) is 27.1 Å². The molecule has 1 aromatic heterocycles. The molecule has 160 valence electrons. The fraction of sp³-hybridized carbons (Fsp3) is 0.167. The number of halogens is 1. The number of hydrogen-bond donors (Lipinski definition) is 2. The Hall–Kier alpha value is -3.16. The molecular weight excluding hydrogens is 415 g/mol. The quantitative estimate of drug-likeness (QED) is 0.423. The molecule has 5 nitrogen and oxygen atoms in total. The van der Waals surface area contributed by atoms with Crippen molar-refractivity contribution >= 4 is 20.9 Å². The molecule has 0 aliphatic rings. The van der Waals surface area contributed by atoms with Gasteiger partial charge in [-0.2, -0.15) is 0 Å². The van der Waals surface area contributed by atoms with Gasteiger partial charge in [-0.05, 0) is 47.0 Å². The zero-order valence-electron chi connectivity index (χ0n) is 17.0. The van der Waals surface area contributed by atoms with Gasteiger partial charge in [0, 0.05) is 29.6 Å². The lowest BCUT2D eigenvalue weighted by Gasteiger charge is -2.19. The molecule has 0 bridgehead atoms. The Morgan fingerprint density at radius 1 is 1.03 bits per heavy atom. The van der Waals surface area contributed by atoms with Gasteiger partial charge in [-0.15, -0.1) is 0 Å². The molecule has 0 saturated heterocycles. The van der Waals surface area contributed by atoms with Crippen molar-refractivity contribution in [1.82, 2.24) is 9.71 Å². The van der Waals surface area contributed by atoms with Gasteiger partial charge in [0.2, 0.25) is 10.0 Å². The maximum Gasteiger partial charge on any atom is 0.215 e. The van der Waals surface area contributed by atoms with E-state index in [1.807, 2.05) is 54.7 Å². The maximum atomic E-state index is 13.4. The van der Waals surface area contributed by atoms with E-state index in [0.29, 0.717) is 5.56 Å². The third-order valence-electron chi connectivity index (χ3n) is 5.27. The maximum absolute atomic E-state index is 13.4. The zero-order chi connectivity index (χ0) is 21.8. The fourth-order valence-electron chi connectivity index (χ4n) is 3.73. The summed E-state index contributed by atoms with van der Waals surface area (Å²) in [6.07, 6.45) is 1.92. The number of benzene rings is 3. The van der Waals surface area contributed by atoms with Gasteiger partial charge in [0.15, 0.2) is 0 Å². The van der Waals surface area contributed by atoms with Crippen molar-refractivity contribution in [3.8, 4) is 5.75 Å². The van der Waals surface area contributed by atoms with Crippen LogP contribution in [0.1, 0.15) is 22.6 Å². The van der Waals surface area contributed by atoms with E-state index in [0.717, 1.165) is 27.8 Å². The Morgan fingerprint density at radius 2 is 1.81 bits per heavy atom. The van der Waals surface area contributed by atoms with Gasteiger partial charge >= 0.3 is 0 Å². The number of aromatic nitrogens is 1. The molecule has 0 radical (unpaired) electrons. The highest BCUT2D eigenvalue weighted by Gasteiger charge is 2.21. The number of ether oxygens (including phenoxy) is 1. The Bertz CT molecular complexity index is 1280. The van der Waals surface area contributed by atoms with E-state index in [1.54, 1.807) is 13.2 Å². The van der Waals surface area contributed by atoms with Crippen molar-refractivity contribution < 1.29 is 17.5 Å². The summed E-state index contributed by atoms with van der Waals surface area (Å²) in [4.78, 5) is 3.26. The minimum absolute atomic E-state index is 0.172. The molecule has 1 atom stereocenters. The Labute approximate surface area is 180 Å². The molecule has 0 aliphatic heterocycles. The molecule has 0 aliphatic carbocycles. The highest BCUT2D eigenvalue weighted by molar-refractivity contribution is 7.88. The second-order valence-corrected chi connectivity index (χ2v) is 9.16. The summed E-state index contributed by atoms with van der Waals surface area (Å²) in [5.74, 6) is -0.228. The Balaban J connectivity index is 1.63. The second kappa shape index (κ2) is 8.91. The summed E-state index contributed by atoms with van der Waals surface area (Å²) < 4.78 is 46.8. The molecule has 1 heterocycles. The van der Waals surface area contributed by atoms with Crippen LogP contribution in [0, 0.1) is 5.82 Å². The lowest BCUT2D eigenvalue weighted by Crippen LogP contribution is -2.30. The van der Waals surface area contributed by atoms with Crippen LogP contribution in [0.2, 0.25) is 0 Å². The summed E-state index contributed by atoms with van der Waals surface area (Å²) >= 11 is 0. The van der Waals surface area contributed by atoms with Crippen molar-refractivity contribution in [2.24, 2.45) is 0 Å². The van der Waals surface area contributed by atoms with Gasteiger partial charge in [0.25, 0.3) is 0 Å². The molecule has 31 heavy (non-hydrogen) atoms. The molecule has 2 N–H and O–H groups in total. The van der Waals surface area contributed by atoms with Crippen LogP contribution in [-0.2, 0) is 15.8 Å². The van der Waals surface area contributed by atoms with Gasteiger partial charge < -0.3 is 9.72 Å². The van der Waals surface area contributed by atoms with Crippen molar-refractivity contribution in [1.29, 1.82) is 0 Å². The molecule has 4 rings (SSSR count). The lowest BCUT2D eigenvalue weighted by atomic mass is 9.91. The van der Waals surface area contributed by atoms with E-state index in [2.05, 4.69) is 9.71 Å². The van der Waals surface area contributed by atoms with Crippen LogP contribution in [0.25, 0.3) is 10.9 Å². The first-order valence-electron chi connectivity index (χ1n) is 9.87. The average Bonchev–Trinajstić information content (AvgIpc) is 3.18. The van der Waals surface area contributed by atoms with Crippen LogP contribution < -0.4 is 9.46 Å². The normalized spacial score (nSPS) is 12.7. The van der Waals surface area contributed by atoms with E-state index < -0.39 is 15.8 Å². The predicted octanol–water partition coefficient (Wildman–Crippen LogP) is 4.57. The molecule has 0 spiro atoms. The fourth-order valence-corrected chi connectivity index (χ4v) is 4.87. The summed E-state index contributed by atoms with van der Waals surface area (Å²) in [5.41, 5.74) is 3.34. The molecular formula is C24H23FN2O3S. The summed E-state index contributed by atoms with van der Waals surface area (Å²) in [6, 6.07) is 21.1. The highest BCUT2D eigenvalue weighted by Crippen LogP contribution is 2.31. The van der Waals surface area contributed by atoms with Gasteiger partial charge in [0.05, 0.1) is 12.9 Å². The SMILES string of the molecule is COc1ccc(C(CNS(=O)(=O)Cc2cccc(F)c2)c2c[nH]c3ccccc23)cc1. The zero-order valence-corrected chi connectivity index (χ0v) is 17.8. The third-order valence-corrected chi connectivity index (χ3v) is 6.59. The minimum atomic E-state index is -3.66. The molecule has 4 aromatic rings. The van der Waals surface area contributed by atoms with Crippen LogP contribution in [0.4, 0.5) is 4.39 Å². The molecule has 0 fully saturated rings. The third kappa shape index (κ3) is 4.95. The molecule has 0 saturated carbocycles. The average molecular weight is 439 g/mol. The topological polar surface area (TPSA) is 71.2 Å². The molecule has 7 heteroatoms. The van der Waals surface area contributed by atoms with E-state index >= 15 is 0 Å². The number of para-hydroxylation sites is 1. The number of aromatic amines is 1. The monoisotopic (exact) mass is 438 g/mol. The summed E-state index contributed by atoms with van der Waals surface area (Å²) in [6.45, 7) is 0.172. The lowest BCUT2D eigenvalue weighted by molar-refractivity contribution is 0.414. The van der Waals surface area contributed by atoms with Crippen molar-refractivity contribution in [3.05, 3.63) is 102 Å². The smallest absolute Gasteiger partial charge is 0.215 e. The van der Waals surface area contributed by atoms with Gasteiger partial charge in [-0.3, -0.25) is 0 Å². The van der Waals surface area contributed by atoms with Crippen LogP contribution in [0.15, 0.2) is 79.0 Å². The Morgan fingerprint density at radius 3 is 2.55 bits per heavy atom. The number of sulfonamides is 1. The van der Waals surface area contributed by atoms with E-state index in [4.69, 9.17) is 4.74 Å². The Kier molecular flexibility index (Phi) is 6.06. The summed E-state index contributed by atoms with van der Waals surface area (Å²) in [7, 11) is -2.06. The molecule has 1 unspecified atom stereocenters. The van der Waals surface area contributed by atoms with Crippen LogP contribution >= 0.6 is 0 Å². The standard InChI is InChI=1S/C24H23FN2O3S/c1-30-20-11-9-18(10-12-20)22(23-14-26-24-8-3-2-7-21(23)24)15-27-31(28,29)16-17-5-4-6-19(25)13-17/h2-14,22,26-27H,15-16H2,1H3. The molecule has 3 aromatic carbocycles. The first kappa shape index (κ1) is 21.1. The van der Waals surface area contributed by atoms with Gasteiger partial charge in [-0.1, -0.05) is 42.5 Å². The van der Waals surface area contributed by atoms with Crippen molar-refractivity contribution in [3.63, 3.8) is 0 Å². The largest absolute Gasteiger partial charge is 0.497 e. The van der Waals surface area contributed by atoms with E-state index in [9.17, 15) is 12.8 Å². The van der Waals surface area contributed by atoms with Crippen molar-refractivity contribution in [2.75, 3.05) is 13.7 Å². The number of fused-ring (bicyclic) bond motifs is 1. The second-order valence-electron chi connectivity index (χ2n) is 7.35. The summed E-state index contributed by atoms with van der Waals surface area (Å²) in [5, 5.41) is 1.03.